The third-order valence-corrected chi connectivity index (χ3v) is 3.35. The van der Waals surface area contributed by atoms with Gasteiger partial charge in [-0.15, -0.1) is 0 Å². The largest absolute Gasteiger partial charge is 0.474 e. The van der Waals surface area contributed by atoms with E-state index < -0.39 is 28.4 Å². The van der Waals surface area contributed by atoms with Gasteiger partial charge in [0.2, 0.25) is 5.75 Å². The first-order valence-corrected chi connectivity index (χ1v) is 7.30. The molecule has 0 aliphatic carbocycles. The van der Waals surface area contributed by atoms with Gasteiger partial charge in [0.25, 0.3) is 5.91 Å². The van der Waals surface area contributed by atoms with Crippen LogP contribution >= 0.6 is 0 Å². The Kier molecular flexibility index (Phi) is 5.43. The molecule has 0 spiro atoms. The Hall–Kier alpha value is -3.29. The minimum Gasteiger partial charge on any atom is -0.474 e. The molecule has 0 saturated heterocycles. The van der Waals surface area contributed by atoms with E-state index in [-0.39, 0.29) is 11.5 Å². The lowest BCUT2D eigenvalue weighted by Crippen LogP contribution is -2.30. The van der Waals surface area contributed by atoms with Gasteiger partial charge in [-0.25, -0.2) is 4.39 Å². The van der Waals surface area contributed by atoms with Crippen molar-refractivity contribution in [2.45, 2.75) is 20.0 Å². The number of ether oxygens (including phenoxy) is 1. The number of carbonyl (C=O) groups excluding carboxylic acids is 2. The number of nitro groups is 1. The summed E-state index contributed by atoms with van der Waals surface area (Å²) in [7, 11) is 0. The van der Waals surface area contributed by atoms with Crippen molar-refractivity contribution < 1.29 is 23.6 Å². The van der Waals surface area contributed by atoms with Gasteiger partial charge in [0.1, 0.15) is 5.82 Å². The summed E-state index contributed by atoms with van der Waals surface area (Å²) in [6.45, 7) is 2.81. The van der Waals surface area contributed by atoms with Crippen LogP contribution in [-0.2, 0) is 4.79 Å². The number of nitrogens with one attached hydrogen (secondary N) is 1. The van der Waals surface area contributed by atoms with Gasteiger partial charge in [-0.3, -0.25) is 19.7 Å². The summed E-state index contributed by atoms with van der Waals surface area (Å²) in [6.07, 6.45) is -1.10. The van der Waals surface area contributed by atoms with E-state index >= 15 is 0 Å². The molecule has 0 saturated carbocycles. The lowest BCUT2D eigenvalue weighted by atomic mass is 10.1. The highest BCUT2D eigenvalue weighted by molar-refractivity contribution is 5.96. The smallest absolute Gasteiger partial charge is 0.311 e. The number of halogens is 1. The Bertz CT molecular complexity index is 820. The minimum absolute atomic E-state index is 0.104. The van der Waals surface area contributed by atoms with E-state index in [0.717, 1.165) is 18.2 Å². The van der Waals surface area contributed by atoms with Crippen LogP contribution in [-0.4, -0.2) is 22.7 Å². The SMILES string of the molecule is CC(=O)c1ccc(NC(=O)[C@H](C)Oc2cc(F)ccc2[N+](=O)[O-])cc1. The van der Waals surface area contributed by atoms with E-state index in [1.807, 2.05) is 0 Å². The molecule has 2 aromatic rings. The summed E-state index contributed by atoms with van der Waals surface area (Å²) in [5.74, 6) is -1.73. The third kappa shape index (κ3) is 4.60. The molecule has 0 bridgehead atoms. The zero-order valence-electron chi connectivity index (χ0n) is 13.5. The number of rotatable bonds is 6. The molecule has 0 aromatic heterocycles. The Morgan fingerprint density at radius 3 is 2.40 bits per heavy atom. The molecule has 1 amide bonds. The van der Waals surface area contributed by atoms with E-state index in [2.05, 4.69) is 5.32 Å². The molecule has 0 heterocycles. The number of ketones is 1. The van der Waals surface area contributed by atoms with E-state index in [1.54, 1.807) is 24.3 Å². The van der Waals surface area contributed by atoms with Crippen LogP contribution < -0.4 is 10.1 Å². The third-order valence-electron chi connectivity index (χ3n) is 3.35. The second kappa shape index (κ2) is 7.52. The molecule has 1 N–H and O–H groups in total. The first-order chi connectivity index (χ1) is 11.8. The van der Waals surface area contributed by atoms with Gasteiger partial charge in [-0.2, -0.15) is 0 Å². The predicted molar refractivity (Wildman–Crippen MR) is 88.2 cm³/mol. The average molecular weight is 346 g/mol. The Balaban J connectivity index is 2.09. The van der Waals surface area contributed by atoms with Crippen molar-refractivity contribution in [1.82, 2.24) is 0 Å². The summed E-state index contributed by atoms with van der Waals surface area (Å²) in [5, 5.41) is 13.5. The van der Waals surface area contributed by atoms with Gasteiger partial charge >= 0.3 is 5.69 Å². The van der Waals surface area contributed by atoms with E-state index in [4.69, 9.17) is 4.74 Å². The Labute approximate surface area is 142 Å². The number of nitro benzene ring substituents is 1. The molecule has 0 unspecified atom stereocenters. The van der Waals surface area contributed by atoms with Gasteiger partial charge < -0.3 is 10.1 Å². The quantitative estimate of drug-likeness (QED) is 0.491. The molecule has 7 nitrogen and oxygen atoms in total. The van der Waals surface area contributed by atoms with Gasteiger partial charge in [0.15, 0.2) is 11.9 Å². The van der Waals surface area contributed by atoms with Crippen molar-refractivity contribution in [3.8, 4) is 5.75 Å². The number of nitrogens with zero attached hydrogens (tertiary/aromatic N) is 1. The molecule has 2 aromatic carbocycles. The molecule has 25 heavy (non-hydrogen) atoms. The van der Waals surface area contributed by atoms with Gasteiger partial charge in [0.05, 0.1) is 4.92 Å². The zero-order chi connectivity index (χ0) is 18.6. The van der Waals surface area contributed by atoms with Gasteiger partial charge in [-0.05, 0) is 44.2 Å². The second-order valence-electron chi connectivity index (χ2n) is 5.25. The fourth-order valence-electron chi connectivity index (χ4n) is 2.01. The van der Waals surface area contributed by atoms with Crippen LogP contribution in [0.1, 0.15) is 24.2 Å². The second-order valence-corrected chi connectivity index (χ2v) is 5.25. The molecule has 0 radical (unpaired) electrons. The van der Waals surface area contributed by atoms with Gasteiger partial charge in [0, 0.05) is 23.4 Å². The Morgan fingerprint density at radius 1 is 1.20 bits per heavy atom. The minimum atomic E-state index is -1.10. The molecule has 0 fully saturated rings. The fourth-order valence-corrected chi connectivity index (χ4v) is 2.01. The summed E-state index contributed by atoms with van der Waals surface area (Å²) < 4.78 is 18.5. The van der Waals surface area contributed by atoms with Crippen LogP contribution in [0.4, 0.5) is 15.8 Å². The maximum absolute atomic E-state index is 13.3. The molecular weight excluding hydrogens is 331 g/mol. The van der Waals surface area contributed by atoms with Crippen LogP contribution in [0.3, 0.4) is 0 Å². The van der Waals surface area contributed by atoms with E-state index in [0.29, 0.717) is 11.3 Å². The topological polar surface area (TPSA) is 98.5 Å². The fraction of sp³-hybridized carbons (Fsp3) is 0.176. The number of hydrogen-bond donors (Lipinski definition) is 1. The summed E-state index contributed by atoms with van der Waals surface area (Å²) in [6, 6.07) is 8.96. The highest BCUT2D eigenvalue weighted by Crippen LogP contribution is 2.28. The van der Waals surface area contributed by atoms with Crippen molar-refractivity contribution in [2.75, 3.05) is 5.32 Å². The summed E-state index contributed by atoms with van der Waals surface area (Å²) >= 11 is 0. The van der Waals surface area contributed by atoms with Crippen LogP contribution in [0.5, 0.6) is 5.75 Å². The number of Topliss-reactive ketones (excluding diaryl/α,β-unsaturated/α-hetero) is 1. The van der Waals surface area contributed by atoms with Crippen molar-refractivity contribution in [3.05, 3.63) is 64.0 Å². The normalized spacial score (nSPS) is 11.5. The van der Waals surface area contributed by atoms with Crippen LogP contribution in [0, 0.1) is 15.9 Å². The molecule has 8 heteroatoms. The zero-order valence-corrected chi connectivity index (χ0v) is 13.5. The molecular formula is C17H15FN2O5. The highest BCUT2D eigenvalue weighted by Gasteiger charge is 2.22. The molecule has 0 aliphatic heterocycles. The lowest BCUT2D eigenvalue weighted by Gasteiger charge is -2.15. The lowest BCUT2D eigenvalue weighted by molar-refractivity contribution is -0.386. The van der Waals surface area contributed by atoms with E-state index in [1.165, 1.54) is 13.8 Å². The van der Waals surface area contributed by atoms with Crippen molar-refractivity contribution >= 4 is 23.1 Å². The maximum atomic E-state index is 13.3. The molecule has 1 atom stereocenters. The number of anilines is 1. The molecule has 0 aliphatic rings. The number of benzene rings is 2. The summed E-state index contributed by atoms with van der Waals surface area (Å²) in [4.78, 5) is 33.6. The number of hydrogen-bond acceptors (Lipinski definition) is 5. The highest BCUT2D eigenvalue weighted by atomic mass is 19.1. The summed E-state index contributed by atoms with van der Waals surface area (Å²) in [5.41, 5.74) is 0.490. The number of amides is 1. The van der Waals surface area contributed by atoms with Crippen molar-refractivity contribution in [3.63, 3.8) is 0 Å². The predicted octanol–water partition coefficient (Wildman–Crippen LogP) is 3.34. The number of carbonyl (C=O) groups is 2. The Morgan fingerprint density at radius 2 is 1.84 bits per heavy atom. The van der Waals surface area contributed by atoms with Crippen molar-refractivity contribution in [2.24, 2.45) is 0 Å². The molecule has 2 rings (SSSR count). The van der Waals surface area contributed by atoms with Crippen molar-refractivity contribution in [1.29, 1.82) is 0 Å². The first kappa shape index (κ1) is 18.1. The molecule has 130 valence electrons. The first-order valence-electron chi connectivity index (χ1n) is 7.30. The van der Waals surface area contributed by atoms with Crippen LogP contribution in [0.15, 0.2) is 42.5 Å². The van der Waals surface area contributed by atoms with Gasteiger partial charge in [-0.1, -0.05) is 0 Å². The van der Waals surface area contributed by atoms with Crippen LogP contribution in [0.2, 0.25) is 0 Å². The average Bonchev–Trinajstić information content (AvgIpc) is 2.55. The van der Waals surface area contributed by atoms with Crippen LogP contribution in [0.25, 0.3) is 0 Å². The maximum Gasteiger partial charge on any atom is 0.311 e. The van der Waals surface area contributed by atoms with E-state index in [9.17, 15) is 24.1 Å². The standard InChI is InChI=1S/C17H15FN2O5/c1-10(21)12-3-6-14(7-4-12)19-17(22)11(2)25-16-9-13(18)5-8-15(16)20(23)24/h3-9,11H,1-2H3,(H,19,22)/t11-/m0/s1. The monoisotopic (exact) mass is 346 g/mol.